The topological polar surface area (TPSA) is 78.8 Å². The van der Waals surface area contributed by atoms with Crippen molar-refractivity contribution < 1.29 is 14.4 Å². The average molecular weight is 395 g/mol. The molecular weight excluding hydrogens is 370 g/mol. The first kappa shape index (κ1) is 19.2. The summed E-state index contributed by atoms with van der Waals surface area (Å²) >= 11 is 0. The lowest BCUT2D eigenvalue weighted by molar-refractivity contribution is -0.140. The molecule has 0 saturated carbocycles. The first-order valence-electron chi connectivity index (χ1n) is 9.84. The third kappa shape index (κ3) is 3.50. The largest absolute Gasteiger partial charge is 0.339 e. The van der Waals surface area contributed by atoms with Crippen LogP contribution in [0.4, 0.5) is 0 Å². The molecule has 29 heavy (non-hydrogen) atoms. The van der Waals surface area contributed by atoms with Crippen molar-refractivity contribution >= 4 is 17.7 Å². The molecule has 0 radical (unpaired) electrons. The fourth-order valence-electron chi connectivity index (χ4n) is 3.83. The fourth-order valence-corrected chi connectivity index (χ4v) is 3.83. The van der Waals surface area contributed by atoms with Gasteiger partial charge in [-0.1, -0.05) is 29.8 Å². The van der Waals surface area contributed by atoms with Gasteiger partial charge in [-0.25, -0.2) is 0 Å². The summed E-state index contributed by atoms with van der Waals surface area (Å²) in [5.74, 6) is -0.530. The van der Waals surface area contributed by atoms with Gasteiger partial charge in [0.25, 0.3) is 11.8 Å². The lowest BCUT2D eigenvalue weighted by atomic mass is 10.1. The number of likely N-dealkylation sites (N-methyl/N-ethyl adjacent to an activating group) is 1. The minimum Gasteiger partial charge on any atom is -0.339 e. The molecule has 152 valence electrons. The van der Waals surface area contributed by atoms with Crippen LogP contribution in [0.25, 0.3) is 0 Å². The number of benzene rings is 1. The van der Waals surface area contributed by atoms with Crippen LogP contribution in [0, 0.1) is 6.92 Å². The number of rotatable bonds is 3. The molecule has 0 spiro atoms. The molecule has 0 bridgehead atoms. The van der Waals surface area contributed by atoms with E-state index in [1.165, 1.54) is 11.6 Å². The zero-order chi connectivity index (χ0) is 20.7. The highest BCUT2D eigenvalue weighted by atomic mass is 16.2. The van der Waals surface area contributed by atoms with Crippen LogP contribution >= 0.6 is 0 Å². The molecule has 3 amide bonds. The van der Waals surface area contributed by atoms with Gasteiger partial charge in [0.05, 0.1) is 6.54 Å². The normalized spacial score (nSPS) is 19.6. The first-order valence-corrected chi connectivity index (χ1v) is 9.84. The number of piperazine rings is 1. The van der Waals surface area contributed by atoms with Crippen molar-refractivity contribution in [3.8, 4) is 0 Å². The van der Waals surface area contributed by atoms with E-state index >= 15 is 0 Å². The van der Waals surface area contributed by atoms with Crippen molar-refractivity contribution in [3.05, 3.63) is 52.8 Å². The highest BCUT2D eigenvalue weighted by Gasteiger charge is 2.36. The maximum absolute atomic E-state index is 13.0. The number of aromatic nitrogens is 2. The van der Waals surface area contributed by atoms with Crippen LogP contribution < -0.4 is 0 Å². The van der Waals surface area contributed by atoms with Crippen molar-refractivity contribution in [2.24, 2.45) is 0 Å². The lowest BCUT2D eigenvalue weighted by Crippen LogP contribution is -2.57. The van der Waals surface area contributed by atoms with Gasteiger partial charge in [0, 0.05) is 39.3 Å². The number of aryl methyl sites for hydroxylation is 1. The Hall–Kier alpha value is -3.16. The number of carbonyl (C=O) groups excluding carboxylic acids is 3. The molecule has 1 aromatic heterocycles. The van der Waals surface area contributed by atoms with E-state index in [9.17, 15) is 14.4 Å². The van der Waals surface area contributed by atoms with Crippen LogP contribution in [0.15, 0.2) is 30.3 Å². The molecule has 2 aromatic rings. The quantitative estimate of drug-likeness (QED) is 0.781. The highest BCUT2D eigenvalue weighted by Crippen LogP contribution is 2.19. The molecule has 2 aliphatic heterocycles. The summed E-state index contributed by atoms with van der Waals surface area (Å²) in [5.41, 5.74) is 2.88. The smallest absolute Gasteiger partial charge is 0.275 e. The zero-order valence-electron chi connectivity index (χ0n) is 17.0. The van der Waals surface area contributed by atoms with Gasteiger partial charge in [-0.15, -0.1) is 0 Å². The predicted octanol–water partition coefficient (Wildman–Crippen LogP) is 1.15. The average Bonchev–Trinajstić information content (AvgIpc) is 3.15. The van der Waals surface area contributed by atoms with E-state index in [-0.39, 0.29) is 23.4 Å². The second-order valence-electron chi connectivity index (χ2n) is 7.78. The first-order chi connectivity index (χ1) is 13.8. The highest BCUT2D eigenvalue weighted by molar-refractivity contribution is 6.00. The maximum atomic E-state index is 13.0. The molecular formula is C21H25N5O3. The van der Waals surface area contributed by atoms with E-state index in [2.05, 4.69) is 5.10 Å². The zero-order valence-corrected chi connectivity index (χ0v) is 17.0. The van der Waals surface area contributed by atoms with Gasteiger partial charge in [0.2, 0.25) is 5.91 Å². The Morgan fingerprint density at radius 3 is 2.55 bits per heavy atom. The molecule has 8 heteroatoms. The molecule has 3 heterocycles. The summed E-state index contributed by atoms with van der Waals surface area (Å²) in [6.45, 7) is 6.34. The predicted molar refractivity (Wildman–Crippen MR) is 106 cm³/mol. The lowest BCUT2D eigenvalue weighted by Gasteiger charge is -2.38. The number of fused-ring (bicyclic) bond motifs is 1. The Kier molecular flexibility index (Phi) is 4.86. The summed E-state index contributed by atoms with van der Waals surface area (Å²) in [5, 5.41) is 4.32. The summed E-state index contributed by atoms with van der Waals surface area (Å²) in [6.07, 6.45) is 0. The van der Waals surface area contributed by atoms with Crippen molar-refractivity contribution in [1.82, 2.24) is 24.5 Å². The van der Waals surface area contributed by atoms with E-state index in [0.717, 1.165) is 5.56 Å². The van der Waals surface area contributed by atoms with Crippen LogP contribution in [-0.4, -0.2) is 74.9 Å². The number of amides is 3. The Morgan fingerprint density at radius 1 is 1.10 bits per heavy atom. The molecule has 1 fully saturated rings. The van der Waals surface area contributed by atoms with Crippen LogP contribution in [0.1, 0.15) is 39.0 Å². The molecule has 8 nitrogen and oxygen atoms in total. The van der Waals surface area contributed by atoms with Gasteiger partial charge in [-0.2, -0.15) is 5.10 Å². The van der Waals surface area contributed by atoms with Crippen LogP contribution in [0.5, 0.6) is 0 Å². The Balaban J connectivity index is 1.47. The Bertz CT molecular complexity index is 965. The Morgan fingerprint density at radius 2 is 1.83 bits per heavy atom. The third-order valence-corrected chi connectivity index (χ3v) is 5.71. The summed E-state index contributed by atoms with van der Waals surface area (Å²) < 4.78 is 1.58. The van der Waals surface area contributed by atoms with E-state index in [1.807, 2.05) is 31.2 Å². The minimum absolute atomic E-state index is 0.0787. The van der Waals surface area contributed by atoms with Gasteiger partial charge >= 0.3 is 0 Å². The number of nitrogens with zero attached hydrogens (tertiary/aromatic N) is 5. The van der Waals surface area contributed by atoms with E-state index in [4.69, 9.17) is 0 Å². The van der Waals surface area contributed by atoms with Crippen LogP contribution in [-0.2, 0) is 17.9 Å². The standard InChI is InChI=1S/C21H25N5O3/c1-14-4-6-16(7-5-14)13-24-9-10-25(15(2)19(24)27)20(28)17-12-18-21(29)23(3)8-11-26(18)22-17/h4-7,12,15H,8-11,13H2,1-3H3. The van der Waals surface area contributed by atoms with Gasteiger partial charge in [0.15, 0.2) is 5.69 Å². The number of hydrogen-bond acceptors (Lipinski definition) is 4. The molecule has 0 N–H and O–H groups in total. The second-order valence-corrected chi connectivity index (χ2v) is 7.78. The van der Waals surface area contributed by atoms with E-state index in [0.29, 0.717) is 38.4 Å². The van der Waals surface area contributed by atoms with Crippen molar-refractivity contribution in [2.45, 2.75) is 33.0 Å². The fraction of sp³-hybridized carbons (Fsp3) is 0.429. The van der Waals surface area contributed by atoms with Crippen molar-refractivity contribution in [2.75, 3.05) is 26.7 Å². The van der Waals surface area contributed by atoms with Crippen LogP contribution in [0.2, 0.25) is 0 Å². The number of carbonyl (C=O) groups is 3. The summed E-state index contributed by atoms with van der Waals surface area (Å²) in [4.78, 5) is 43.1. The van der Waals surface area contributed by atoms with Gasteiger partial charge in [-0.3, -0.25) is 19.1 Å². The molecule has 1 aromatic carbocycles. The minimum atomic E-state index is -0.571. The summed E-state index contributed by atoms with van der Waals surface area (Å²) in [6, 6.07) is 9.07. The van der Waals surface area contributed by atoms with Crippen LogP contribution in [0.3, 0.4) is 0 Å². The maximum Gasteiger partial charge on any atom is 0.275 e. The van der Waals surface area contributed by atoms with E-state index < -0.39 is 6.04 Å². The van der Waals surface area contributed by atoms with Gasteiger partial charge in [0.1, 0.15) is 11.7 Å². The molecule has 0 aliphatic carbocycles. The van der Waals surface area contributed by atoms with Gasteiger partial charge < -0.3 is 14.7 Å². The molecule has 1 atom stereocenters. The Labute approximate surface area is 169 Å². The SMILES string of the molecule is Cc1ccc(CN2CCN(C(=O)c3cc4n(n3)CCN(C)C4=O)C(C)C2=O)cc1. The monoisotopic (exact) mass is 395 g/mol. The molecule has 1 unspecified atom stereocenters. The molecule has 1 saturated heterocycles. The third-order valence-electron chi connectivity index (χ3n) is 5.71. The van der Waals surface area contributed by atoms with E-state index in [1.54, 1.807) is 33.4 Å². The number of hydrogen-bond donors (Lipinski definition) is 0. The molecule has 2 aliphatic rings. The van der Waals surface area contributed by atoms with Gasteiger partial charge in [-0.05, 0) is 19.4 Å². The summed E-state index contributed by atoms with van der Waals surface area (Å²) in [7, 11) is 1.73. The van der Waals surface area contributed by atoms with Crippen molar-refractivity contribution in [3.63, 3.8) is 0 Å². The van der Waals surface area contributed by atoms with Crippen molar-refractivity contribution in [1.29, 1.82) is 0 Å². The second kappa shape index (κ2) is 7.35. The molecule has 4 rings (SSSR count).